The van der Waals surface area contributed by atoms with E-state index in [1.165, 1.54) is 11.3 Å². The van der Waals surface area contributed by atoms with Crippen molar-refractivity contribution in [2.24, 2.45) is 0 Å². The van der Waals surface area contributed by atoms with Crippen LogP contribution in [0.1, 0.15) is 41.6 Å². The van der Waals surface area contributed by atoms with Crippen LogP contribution in [-0.2, 0) is 11.8 Å². The number of benzene rings is 1. The van der Waals surface area contributed by atoms with Crippen molar-refractivity contribution in [3.63, 3.8) is 0 Å². The molecule has 1 N–H and O–H groups in total. The predicted molar refractivity (Wildman–Crippen MR) is 90.5 cm³/mol. The molecule has 4 heteroatoms. The van der Waals surface area contributed by atoms with Gasteiger partial charge in [-0.05, 0) is 41.1 Å². The van der Waals surface area contributed by atoms with E-state index < -0.39 is 0 Å². The van der Waals surface area contributed by atoms with Gasteiger partial charge in [0.2, 0.25) is 0 Å². The van der Waals surface area contributed by atoms with Crippen LogP contribution in [0.25, 0.3) is 0 Å². The Labute approximate surface area is 135 Å². The first-order valence-corrected chi connectivity index (χ1v) is 8.30. The van der Waals surface area contributed by atoms with Gasteiger partial charge in [0.05, 0.1) is 4.88 Å². The molecule has 0 aliphatic carbocycles. The largest absolute Gasteiger partial charge is 0.350 e. The van der Waals surface area contributed by atoms with Gasteiger partial charge in [-0.2, -0.15) is 0 Å². The Bertz CT molecular complexity index is 633. The molecule has 0 saturated carbocycles. The van der Waals surface area contributed by atoms with Crippen molar-refractivity contribution < 1.29 is 4.79 Å². The van der Waals surface area contributed by atoms with E-state index in [1.54, 1.807) is 0 Å². The number of thiophene rings is 1. The minimum Gasteiger partial charge on any atom is -0.350 e. The summed E-state index contributed by atoms with van der Waals surface area (Å²) in [5.74, 6) is 0.0111. The highest BCUT2D eigenvalue weighted by atomic mass is 35.5. The predicted octanol–water partition coefficient (Wildman–Crippen LogP) is 4.67. The van der Waals surface area contributed by atoms with Crippen LogP contribution in [0.15, 0.2) is 35.7 Å². The monoisotopic (exact) mass is 321 g/mol. The lowest BCUT2D eigenvalue weighted by Gasteiger charge is -2.26. The van der Waals surface area contributed by atoms with Crippen LogP contribution in [0.2, 0.25) is 5.02 Å². The van der Waals surface area contributed by atoms with E-state index in [-0.39, 0.29) is 11.3 Å². The van der Waals surface area contributed by atoms with Gasteiger partial charge < -0.3 is 5.32 Å². The van der Waals surface area contributed by atoms with Crippen molar-refractivity contribution in [3.05, 3.63) is 56.7 Å². The third kappa shape index (κ3) is 3.86. The van der Waals surface area contributed by atoms with Crippen LogP contribution in [0, 0.1) is 0 Å². The fourth-order valence-electron chi connectivity index (χ4n) is 2.21. The van der Waals surface area contributed by atoms with Gasteiger partial charge in [-0.3, -0.25) is 4.79 Å². The lowest BCUT2D eigenvalue weighted by molar-refractivity contribution is 0.0949. The summed E-state index contributed by atoms with van der Waals surface area (Å²) in [7, 11) is 0. The molecule has 1 aromatic heterocycles. The topological polar surface area (TPSA) is 29.1 Å². The van der Waals surface area contributed by atoms with E-state index in [2.05, 4.69) is 26.1 Å². The molecule has 0 atom stereocenters. The molecule has 1 heterocycles. The van der Waals surface area contributed by atoms with E-state index in [1.807, 2.05) is 35.7 Å². The molecule has 0 unspecified atom stereocenters. The van der Waals surface area contributed by atoms with Gasteiger partial charge in [-0.25, -0.2) is 0 Å². The molecule has 0 aliphatic heterocycles. The molecule has 0 spiro atoms. The van der Waals surface area contributed by atoms with Crippen LogP contribution in [0.5, 0.6) is 0 Å². The van der Waals surface area contributed by atoms with Crippen LogP contribution in [0.3, 0.4) is 0 Å². The Kier molecular flexibility index (Phi) is 5.07. The molecule has 2 nitrogen and oxygen atoms in total. The quantitative estimate of drug-likeness (QED) is 0.851. The van der Waals surface area contributed by atoms with Crippen molar-refractivity contribution in [2.75, 3.05) is 6.54 Å². The molecular formula is C17H20ClNOS. The summed E-state index contributed by atoms with van der Waals surface area (Å²) in [5, 5.41) is 5.74. The second kappa shape index (κ2) is 6.63. The number of rotatable bonds is 5. The number of aryl methyl sites for hydroxylation is 1. The van der Waals surface area contributed by atoms with Gasteiger partial charge in [-0.1, -0.05) is 44.5 Å². The Balaban J connectivity index is 2.06. The highest BCUT2D eigenvalue weighted by Crippen LogP contribution is 2.25. The fraction of sp³-hybridized carbons (Fsp3) is 0.353. The minimum atomic E-state index is -0.163. The Morgan fingerprint density at radius 3 is 2.76 bits per heavy atom. The average molecular weight is 322 g/mol. The average Bonchev–Trinajstić information content (AvgIpc) is 2.93. The molecule has 2 rings (SSSR count). The zero-order valence-corrected chi connectivity index (χ0v) is 14.1. The summed E-state index contributed by atoms with van der Waals surface area (Å²) in [6.45, 7) is 6.85. The Morgan fingerprint density at radius 2 is 2.10 bits per heavy atom. The first kappa shape index (κ1) is 16.1. The second-order valence-corrected chi connectivity index (χ2v) is 7.06. The molecule has 0 fully saturated rings. The van der Waals surface area contributed by atoms with E-state index in [0.717, 1.165) is 27.4 Å². The minimum absolute atomic E-state index is 0.0111. The molecule has 2 aromatic rings. The first-order valence-electron chi connectivity index (χ1n) is 7.04. The van der Waals surface area contributed by atoms with E-state index >= 15 is 0 Å². The highest BCUT2D eigenvalue weighted by Gasteiger charge is 2.22. The van der Waals surface area contributed by atoms with Crippen LogP contribution < -0.4 is 5.32 Å². The number of hydrogen-bond acceptors (Lipinski definition) is 2. The summed E-state index contributed by atoms with van der Waals surface area (Å²) in [5.41, 5.74) is 2.07. The molecule has 21 heavy (non-hydrogen) atoms. The summed E-state index contributed by atoms with van der Waals surface area (Å²) in [4.78, 5) is 13.1. The fourth-order valence-corrected chi connectivity index (χ4v) is 3.31. The number of halogens is 1. The van der Waals surface area contributed by atoms with Crippen LogP contribution >= 0.6 is 22.9 Å². The van der Waals surface area contributed by atoms with Crippen molar-refractivity contribution in [1.29, 1.82) is 0 Å². The zero-order valence-electron chi connectivity index (χ0n) is 12.6. The zero-order chi connectivity index (χ0) is 15.5. The van der Waals surface area contributed by atoms with Gasteiger partial charge in [0.15, 0.2) is 0 Å². The van der Waals surface area contributed by atoms with Crippen molar-refractivity contribution in [2.45, 2.75) is 32.6 Å². The summed E-state index contributed by atoms with van der Waals surface area (Å²) in [6.07, 6.45) is 0.879. The molecule has 112 valence electrons. The first-order chi connectivity index (χ1) is 9.94. The summed E-state index contributed by atoms with van der Waals surface area (Å²) >= 11 is 7.55. The molecule has 0 bridgehead atoms. The number of nitrogens with one attached hydrogen (secondary N) is 1. The van der Waals surface area contributed by atoms with Gasteiger partial charge in [0.1, 0.15) is 0 Å². The van der Waals surface area contributed by atoms with Crippen molar-refractivity contribution in [3.8, 4) is 0 Å². The summed E-state index contributed by atoms with van der Waals surface area (Å²) in [6, 6.07) is 9.81. The van der Waals surface area contributed by atoms with Gasteiger partial charge in [0, 0.05) is 17.0 Å². The number of amides is 1. The molecule has 0 aliphatic rings. The Morgan fingerprint density at radius 1 is 1.33 bits per heavy atom. The standard InChI is InChI=1S/C17H20ClNOS/c1-4-12-8-9-21-15(12)16(20)19-11-17(2,3)13-6-5-7-14(18)10-13/h5-10H,4,11H2,1-3H3,(H,19,20). The number of hydrogen-bond donors (Lipinski definition) is 1. The van der Waals surface area contributed by atoms with E-state index in [9.17, 15) is 4.79 Å². The normalized spacial score (nSPS) is 11.4. The van der Waals surface area contributed by atoms with Crippen molar-refractivity contribution >= 4 is 28.8 Å². The number of carbonyl (C=O) groups excluding carboxylic acids is 1. The molecule has 0 radical (unpaired) electrons. The smallest absolute Gasteiger partial charge is 0.261 e. The molecule has 0 saturated heterocycles. The van der Waals surface area contributed by atoms with E-state index in [0.29, 0.717) is 6.54 Å². The molecule has 1 aromatic carbocycles. The maximum Gasteiger partial charge on any atom is 0.261 e. The maximum atomic E-state index is 12.3. The Hall–Kier alpha value is -1.32. The summed E-state index contributed by atoms with van der Waals surface area (Å²) < 4.78 is 0. The van der Waals surface area contributed by atoms with Crippen LogP contribution in [-0.4, -0.2) is 12.5 Å². The SMILES string of the molecule is CCc1ccsc1C(=O)NCC(C)(C)c1cccc(Cl)c1. The second-order valence-electron chi connectivity index (χ2n) is 5.71. The molecule has 1 amide bonds. The van der Waals surface area contributed by atoms with Crippen molar-refractivity contribution in [1.82, 2.24) is 5.32 Å². The highest BCUT2D eigenvalue weighted by molar-refractivity contribution is 7.12. The third-order valence-electron chi connectivity index (χ3n) is 3.63. The lowest BCUT2D eigenvalue weighted by Crippen LogP contribution is -2.36. The van der Waals surface area contributed by atoms with Gasteiger partial charge >= 0.3 is 0 Å². The van der Waals surface area contributed by atoms with Gasteiger partial charge in [0.25, 0.3) is 5.91 Å². The van der Waals surface area contributed by atoms with Crippen LogP contribution in [0.4, 0.5) is 0 Å². The molecular weight excluding hydrogens is 302 g/mol. The number of carbonyl (C=O) groups is 1. The van der Waals surface area contributed by atoms with Gasteiger partial charge in [-0.15, -0.1) is 11.3 Å². The van der Waals surface area contributed by atoms with E-state index in [4.69, 9.17) is 11.6 Å². The maximum absolute atomic E-state index is 12.3. The third-order valence-corrected chi connectivity index (χ3v) is 4.82. The lowest BCUT2D eigenvalue weighted by atomic mass is 9.84.